The number of aryl methyl sites for hydroxylation is 1. The highest BCUT2D eigenvalue weighted by atomic mass is 16.3. The lowest BCUT2D eigenvalue weighted by Gasteiger charge is -2.30. The molecule has 14 rings (SSSR count). The van der Waals surface area contributed by atoms with E-state index in [1.54, 1.807) is 0 Å². The van der Waals surface area contributed by atoms with E-state index in [2.05, 4.69) is 223 Å². The minimum Gasteiger partial charge on any atom is -0.456 e. The summed E-state index contributed by atoms with van der Waals surface area (Å²) >= 11 is 0. The van der Waals surface area contributed by atoms with Crippen LogP contribution < -0.4 is 4.90 Å². The standard InChI is InChI=1S/C64H49NO2/c1-36-17-11-14-22-53(36)65(39-26-28-41-49(32-39)64(6,7)52-33-44(37-18-9-8-10-19-37)61-60(57(41)52)43-21-13-16-24-55(43)67-61)38-25-27-40-45-34-51-46(35-50(45)63(4,5)48(40)31-38)58-47(62(51,2)3)29-30-56-59(58)42-20-12-15-23-54(42)66-56/h8-35H,1-7H3. The van der Waals surface area contributed by atoms with Gasteiger partial charge in [0.25, 0.3) is 0 Å². The lowest BCUT2D eigenvalue weighted by Crippen LogP contribution is -2.18. The van der Waals surface area contributed by atoms with Gasteiger partial charge in [-0.15, -0.1) is 0 Å². The number of rotatable bonds is 4. The van der Waals surface area contributed by atoms with Gasteiger partial charge in [0, 0.05) is 60.4 Å². The lowest BCUT2D eigenvalue weighted by molar-refractivity contribution is 0.651. The minimum absolute atomic E-state index is 0.165. The zero-order valence-electron chi connectivity index (χ0n) is 38.9. The van der Waals surface area contributed by atoms with Gasteiger partial charge in [0.1, 0.15) is 22.3 Å². The van der Waals surface area contributed by atoms with Crippen molar-refractivity contribution in [3.05, 3.63) is 209 Å². The molecule has 3 aliphatic rings. The molecule has 0 unspecified atom stereocenters. The Bertz CT molecular complexity index is 3970. The molecule has 0 saturated heterocycles. The topological polar surface area (TPSA) is 29.5 Å². The monoisotopic (exact) mass is 863 g/mol. The van der Waals surface area contributed by atoms with Gasteiger partial charge < -0.3 is 13.7 Å². The number of furan rings is 2. The first-order valence-corrected chi connectivity index (χ1v) is 23.7. The van der Waals surface area contributed by atoms with Gasteiger partial charge in [-0.1, -0.05) is 145 Å². The van der Waals surface area contributed by atoms with Crippen molar-refractivity contribution in [1.29, 1.82) is 0 Å². The first-order chi connectivity index (χ1) is 32.4. The number of nitrogens with zero attached hydrogens (tertiary/aromatic N) is 1. The molecular weight excluding hydrogens is 815 g/mol. The first kappa shape index (κ1) is 38.6. The molecule has 0 amide bonds. The maximum Gasteiger partial charge on any atom is 0.143 e. The second-order valence-corrected chi connectivity index (χ2v) is 20.9. The van der Waals surface area contributed by atoms with Gasteiger partial charge in [-0.2, -0.15) is 0 Å². The van der Waals surface area contributed by atoms with E-state index in [1.807, 2.05) is 0 Å². The molecule has 0 aliphatic heterocycles. The van der Waals surface area contributed by atoms with E-state index < -0.39 is 0 Å². The summed E-state index contributed by atoms with van der Waals surface area (Å²) in [5.74, 6) is 0. The van der Waals surface area contributed by atoms with Crippen molar-refractivity contribution in [3.8, 4) is 44.5 Å². The highest BCUT2D eigenvalue weighted by molar-refractivity contribution is 6.19. The van der Waals surface area contributed by atoms with Crippen molar-refractivity contribution in [2.24, 2.45) is 0 Å². The van der Waals surface area contributed by atoms with Crippen LogP contribution in [0.2, 0.25) is 0 Å². The molecule has 0 N–H and O–H groups in total. The summed E-state index contributed by atoms with van der Waals surface area (Å²) in [4.78, 5) is 2.49. The Labute approximate surface area is 390 Å². The predicted molar refractivity (Wildman–Crippen MR) is 279 cm³/mol. The lowest BCUT2D eigenvalue weighted by atomic mass is 9.79. The van der Waals surface area contributed by atoms with E-state index in [0.717, 1.165) is 50.2 Å². The van der Waals surface area contributed by atoms with Crippen LogP contribution in [-0.2, 0) is 16.2 Å². The number of para-hydroxylation sites is 3. The smallest absolute Gasteiger partial charge is 0.143 e. The molecule has 0 bridgehead atoms. The maximum atomic E-state index is 6.78. The van der Waals surface area contributed by atoms with Gasteiger partial charge in [-0.05, 0) is 152 Å². The number of fused-ring (bicyclic) bond motifs is 17. The van der Waals surface area contributed by atoms with E-state index in [1.165, 1.54) is 94.2 Å². The van der Waals surface area contributed by atoms with E-state index in [-0.39, 0.29) is 16.2 Å². The number of anilines is 3. The number of hydrogen-bond donors (Lipinski definition) is 0. The summed E-state index contributed by atoms with van der Waals surface area (Å²) in [6, 6.07) is 62.9. The van der Waals surface area contributed by atoms with Gasteiger partial charge in [0.05, 0.1) is 0 Å². The summed E-state index contributed by atoms with van der Waals surface area (Å²) in [6.07, 6.45) is 0. The molecule has 0 fully saturated rings. The molecule has 3 nitrogen and oxygen atoms in total. The van der Waals surface area contributed by atoms with E-state index >= 15 is 0 Å². The SMILES string of the molecule is Cc1ccccc1N(c1ccc2c(c1)C(C)(C)c1cc3c(cc1-2)C(C)(C)c1ccc2oc4ccccc4c2c1-3)c1ccc2c(c1)C(C)(C)c1cc(-c3ccccc3)c3oc4ccccc4c3c1-2. The fraction of sp³-hybridized carbons (Fsp3) is 0.156. The Hall–Kier alpha value is -7.62. The summed E-state index contributed by atoms with van der Waals surface area (Å²) in [7, 11) is 0. The Morgan fingerprint density at radius 1 is 0.373 bits per heavy atom. The van der Waals surface area contributed by atoms with Crippen LogP contribution in [0.5, 0.6) is 0 Å². The van der Waals surface area contributed by atoms with Crippen LogP contribution in [0.4, 0.5) is 17.1 Å². The molecule has 9 aromatic carbocycles. The number of benzene rings is 9. The summed E-state index contributed by atoms with van der Waals surface area (Å²) in [6.45, 7) is 16.6. The average molecular weight is 864 g/mol. The van der Waals surface area contributed by atoms with Crippen LogP contribution in [0.3, 0.4) is 0 Å². The highest BCUT2D eigenvalue weighted by Crippen LogP contribution is 2.60. The molecule has 0 saturated carbocycles. The molecule has 322 valence electrons. The second-order valence-electron chi connectivity index (χ2n) is 20.9. The zero-order chi connectivity index (χ0) is 45.3. The van der Waals surface area contributed by atoms with Gasteiger partial charge in [0.15, 0.2) is 0 Å². The fourth-order valence-electron chi connectivity index (χ4n) is 12.7. The Morgan fingerprint density at radius 3 is 1.66 bits per heavy atom. The summed E-state index contributed by atoms with van der Waals surface area (Å²) < 4.78 is 13.2. The van der Waals surface area contributed by atoms with Gasteiger partial charge in [0.2, 0.25) is 0 Å². The van der Waals surface area contributed by atoms with Crippen LogP contribution >= 0.6 is 0 Å². The normalized spacial score (nSPS) is 15.4. The Morgan fingerprint density at radius 2 is 0.910 bits per heavy atom. The van der Waals surface area contributed by atoms with Crippen LogP contribution in [0.1, 0.15) is 80.5 Å². The number of hydrogen-bond acceptors (Lipinski definition) is 3. The van der Waals surface area contributed by atoms with Crippen molar-refractivity contribution in [2.45, 2.75) is 64.7 Å². The van der Waals surface area contributed by atoms with Crippen molar-refractivity contribution in [1.82, 2.24) is 0 Å². The van der Waals surface area contributed by atoms with Gasteiger partial charge >= 0.3 is 0 Å². The third-order valence-corrected chi connectivity index (χ3v) is 16.2. The largest absolute Gasteiger partial charge is 0.456 e. The van der Waals surface area contributed by atoms with Crippen molar-refractivity contribution in [2.75, 3.05) is 4.90 Å². The zero-order valence-corrected chi connectivity index (χ0v) is 38.9. The van der Waals surface area contributed by atoms with E-state index in [9.17, 15) is 0 Å². The third kappa shape index (κ3) is 5.01. The Kier molecular flexibility index (Phi) is 7.52. The molecule has 2 aromatic heterocycles. The third-order valence-electron chi connectivity index (χ3n) is 16.2. The maximum absolute atomic E-state index is 6.78. The first-order valence-electron chi connectivity index (χ1n) is 23.7. The highest BCUT2D eigenvalue weighted by Gasteiger charge is 2.44. The fourth-order valence-corrected chi connectivity index (χ4v) is 12.7. The van der Waals surface area contributed by atoms with Gasteiger partial charge in [-0.25, -0.2) is 0 Å². The molecule has 2 heterocycles. The summed E-state index contributed by atoms with van der Waals surface area (Å²) in [5.41, 5.74) is 26.0. The Balaban J connectivity index is 0.936. The van der Waals surface area contributed by atoms with E-state index in [0.29, 0.717) is 0 Å². The van der Waals surface area contributed by atoms with Crippen molar-refractivity contribution in [3.63, 3.8) is 0 Å². The summed E-state index contributed by atoms with van der Waals surface area (Å²) in [5, 5.41) is 4.76. The van der Waals surface area contributed by atoms with Crippen molar-refractivity contribution >= 4 is 60.9 Å². The molecule has 11 aromatic rings. The van der Waals surface area contributed by atoms with Crippen LogP contribution in [0.25, 0.3) is 88.4 Å². The average Bonchev–Trinajstić information content (AvgIpc) is 4.08. The molecule has 0 atom stereocenters. The van der Waals surface area contributed by atoms with E-state index in [4.69, 9.17) is 8.83 Å². The molecule has 3 heteroatoms. The molecule has 0 radical (unpaired) electrons. The van der Waals surface area contributed by atoms with Crippen LogP contribution in [0, 0.1) is 6.92 Å². The molecule has 67 heavy (non-hydrogen) atoms. The predicted octanol–water partition coefficient (Wildman–Crippen LogP) is 17.8. The molecular formula is C64H49NO2. The second kappa shape index (κ2) is 13.0. The quantitative estimate of drug-likeness (QED) is 0.177. The molecule has 3 aliphatic carbocycles. The van der Waals surface area contributed by atoms with Gasteiger partial charge in [-0.3, -0.25) is 0 Å². The molecule has 0 spiro atoms. The van der Waals surface area contributed by atoms with Crippen LogP contribution in [-0.4, -0.2) is 0 Å². The van der Waals surface area contributed by atoms with Crippen molar-refractivity contribution < 1.29 is 8.83 Å². The van der Waals surface area contributed by atoms with Crippen LogP contribution in [0.15, 0.2) is 179 Å². The minimum atomic E-state index is -0.281.